The molecule has 82 valence electrons. The standard InChI is InChI=1S/C12H16ClNO/c1-9(8-14)5-6-12(15)10-3-2-4-11(13)7-10/h2-4,7,9H,5-6,8,14H2,1H3. The highest BCUT2D eigenvalue weighted by Gasteiger charge is 2.08. The van der Waals surface area contributed by atoms with Crippen LogP contribution in [0.4, 0.5) is 0 Å². The Bertz CT molecular complexity index is 338. The Morgan fingerprint density at radius 3 is 2.87 bits per heavy atom. The van der Waals surface area contributed by atoms with Gasteiger partial charge in [-0.1, -0.05) is 30.7 Å². The van der Waals surface area contributed by atoms with Crippen LogP contribution in [0.3, 0.4) is 0 Å². The fourth-order valence-electron chi connectivity index (χ4n) is 1.30. The summed E-state index contributed by atoms with van der Waals surface area (Å²) in [5, 5.41) is 0.604. The molecule has 0 spiro atoms. The zero-order valence-electron chi connectivity index (χ0n) is 8.87. The number of nitrogens with two attached hydrogens (primary N) is 1. The van der Waals surface area contributed by atoms with Gasteiger partial charge in [-0.05, 0) is 31.0 Å². The third-order valence-electron chi connectivity index (χ3n) is 2.41. The first-order valence-electron chi connectivity index (χ1n) is 5.12. The monoisotopic (exact) mass is 225 g/mol. The Kier molecular flexibility index (Phi) is 4.79. The van der Waals surface area contributed by atoms with Gasteiger partial charge in [0.25, 0.3) is 0 Å². The molecule has 0 aromatic heterocycles. The molecule has 1 rings (SSSR count). The number of Topliss-reactive ketones (excluding diaryl/α,β-unsaturated/α-hetero) is 1. The lowest BCUT2D eigenvalue weighted by Gasteiger charge is -2.07. The van der Waals surface area contributed by atoms with E-state index >= 15 is 0 Å². The Hall–Kier alpha value is -0.860. The van der Waals surface area contributed by atoms with Crippen LogP contribution in [0.25, 0.3) is 0 Å². The summed E-state index contributed by atoms with van der Waals surface area (Å²) >= 11 is 5.81. The molecule has 1 unspecified atom stereocenters. The molecular formula is C12H16ClNO. The average molecular weight is 226 g/mol. The number of benzene rings is 1. The van der Waals surface area contributed by atoms with E-state index in [4.69, 9.17) is 17.3 Å². The molecule has 0 heterocycles. The van der Waals surface area contributed by atoms with Crippen LogP contribution >= 0.6 is 11.6 Å². The minimum atomic E-state index is 0.137. The third-order valence-corrected chi connectivity index (χ3v) is 2.65. The van der Waals surface area contributed by atoms with E-state index in [9.17, 15) is 4.79 Å². The minimum Gasteiger partial charge on any atom is -0.330 e. The SMILES string of the molecule is CC(CN)CCC(=O)c1cccc(Cl)c1. The van der Waals surface area contributed by atoms with Crippen molar-refractivity contribution in [3.05, 3.63) is 34.9 Å². The van der Waals surface area contributed by atoms with Crippen molar-refractivity contribution in [2.75, 3.05) is 6.54 Å². The predicted octanol–water partition coefficient (Wildman–Crippen LogP) is 2.90. The molecule has 1 aromatic rings. The van der Waals surface area contributed by atoms with Crippen molar-refractivity contribution in [1.82, 2.24) is 0 Å². The first kappa shape index (κ1) is 12.2. The summed E-state index contributed by atoms with van der Waals surface area (Å²) in [4.78, 5) is 11.7. The highest BCUT2D eigenvalue weighted by atomic mass is 35.5. The van der Waals surface area contributed by atoms with Crippen LogP contribution in [0, 0.1) is 5.92 Å². The maximum atomic E-state index is 11.7. The summed E-state index contributed by atoms with van der Waals surface area (Å²) < 4.78 is 0. The summed E-state index contributed by atoms with van der Waals surface area (Å²) in [6.45, 7) is 2.67. The van der Waals surface area contributed by atoms with Crippen LogP contribution in [0.2, 0.25) is 5.02 Å². The van der Waals surface area contributed by atoms with Gasteiger partial charge in [0.1, 0.15) is 0 Å². The lowest BCUT2D eigenvalue weighted by Crippen LogP contribution is -2.12. The van der Waals surface area contributed by atoms with Crippen LogP contribution in [-0.2, 0) is 0 Å². The van der Waals surface area contributed by atoms with Crippen molar-refractivity contribution in [2.45, 2.75) is 19.8 Å². The van der Waals surface area contributed by atoms with Crippen LogP contribution in [0.1, 0.15) is 30.1 Å². The molecule has 3 heteroatoms. The van der Waals surface area contributed by atoms with E-state index in [2.05, 4.69) is 0 Å². The van der Waals surface area contributed by atoms with E-state index in [1.165, 1.54) is 0 Å². The molecule has 0 aliphatic heterocycles. The molecule has 0 amide bonds. The highest BCUT2D eigenvalue weighted by Crippen LogP contribution is 2.14. The summed E-state index contributed by atoms with van der Waals surface area (Å²) in [7, 11) is 0. The van der Waals surface area contributed by atoms with Gasteiger partial charge >= 0.3 is 0 Å². The smallest absolute Gasteiger partial charge is 0.162 e. The second-order valence-corrected chi connectivity index (χ2v) is 4.25. The van der Waals surface area contributed by atoms with Crippen molar-refractivity contribution >= 4 is 17.4 Å². The molecule has 0 radical (unpaired) electrons. The molecule has 0 aliphatic carbocycles. The highest BCUT2D eigenvalue weighted by molar-refractivity contribution is 6.31. The molecule has 0 saturated carbocycles. The summed E-state index contributed by atoms with van der Waals surface area (Å²) in [5.74, 6) is 0.533. The first-order valence-corrected chi connectivity index (χ1v) is 5.50. The van der Waals surface area contributed by atoms with E-state index in [1.807, 2.05) is 6.92 Å². The van der Waals surface area contributed by atoms with Crippen molar-refractivity contribution in [3.8, 4) is 0 Å². The molecule has 1 atom stereocenters. The maximum absolute atomic E-state index is 11.7. The summed E-state index contributed by atoms with van der Waals surface area (Å²) in [5.41, 5.74) is 6.18. The largest absolute Gasteiger partial charge is 0.330 e. The van der Waals surface area contributed by atoms with Crippen molar-refractivity contribution in [1.29, 1.82) is 0 Å². The van der Waals surface area contributed by atoms with Gasteiger partial charge in [-0.25, -0.2) is 0 Å². The van der Waals surface area contributed by atoms with Crippen LogP contribution < -0.4 is 5.73 Å². The molecule has 0 saturated heterocycles. The topological polar surface area (TPSA) is 43.1 Å². The number of hydrogen-bond donors (Lipinski definition) is 1. The number of ketones is 1. The average Bonchev–Trinajstić information content (AvgIpc) is 2.25. The normalized spacial score (nSPS) is 12.5. The van der Waals surface area contributed by atoms with Crippen LogP contribution in [-0.4, -0.2) is 12.3 Å². The first-order chi connectivity index (χ1) is 7.13. The van der Waals surface area contributed by atoms with Gasteiger partial charge in [-0.3, -0.25) is 4.79 Å². The second kappa shape index (κ2) is 5.89. The van der Waals surface area contributed by atoms with Gasteiger partial charge in [0.05, 0.1) is 0 Å². The molecule has 2 N–H and O–H groups in total. The fraction of sp³-hybridized carbons (Fsp3) is 0.417. The third kappa shape index (κ3) is 4.02. The van der Waals surface area contributed by atoms with E-state index in [-0.39, 0.29) is 5.78 Å². The van der Waals surface area contributed by atoms with E-state index in [0.717, 1.165) is 6.42 Å². The van der Waals surface area contributed by atoms with Gasteiger partial charge in [0.2, 0.25) is 0 Å². The predicted molar refractivity (Wildman–Crippen MR) is 63.2 cm³/mol. The number of carbonyl (C=O) groups is 1. The van der Waals surface area contributed by atoms with Gasteiger partial charge < -0.3 is 5.73 Å². The van der Waals surface area contributed by atoms with Crippen LogP contribution in [0.15, 0.2) is 24.3 Å². The Balaban J connectivity index is 2.54. The van der Waals surface area contributed by atoms with Crippen LogP contribution in [0.5, 0.6) is 0 Å². The van der Waals surface area contributed by atoms with E-state index in [0.29, 0.717) is 29.5 Å². The lowest BCUT2D eigenvalue weighted by molar-refractivity contribution is 0.0975. The number of rotatable bonds is 5. The van der Waals surface area contributed by atoms with Gasteiger partial charge in [-0.2, -0.15) is 0 Å². The summed E-state index contributed by atoms with van der Waals surface area (Å²) in [6.07, 6.45) is 1.38. The maximum Gasteiger partial charge on any atom is 0.162 e. The minimum absolute atomic E-state index is 0.137. The summed E-state index contributed by atoms with van der Waals surface area (Å²) in [6, 6.07) is 7.06. The Morgan fingerprint density at radius 2 is 2.27 bits per heavy atom. The number of hydrogen-bond acceptors (Lipinski definition) is 2. The quantitative estimate of drug-likeness (QED) is 0.783. The molecule has 0 aliphatic rings. The molecule has 0 bridgehead atoms. The molecule has 1 aromatic carbocycles. The van der Waals surface area contributed by atoms with Crippen molar-refractivity contribution < 1.29 is 4.79 Å². The number of halogens is 1. The Labute approximate surface area is 95.4 Å². The van der Waals surface area contributed by atoms with Gasteiger partial charge in [-0.15, -0.1) is 0 Å². The van der Waals surface area contributed by atoms with Crippen molar-refractivity contribution in [2.24, 2.45) is 11.7 Å². The zero-order valence-corrected chi connectivity index (χ0v) is 9.63. The molecule has 15 heavy (non-hydrogen) atoms. The molecular weight excluding hydrogens is 210 g/mol. The van der Waals surface area contributed by atoms with E-state index < -0.39 is 0 Å². The number of carbonyl (C=O) groups excluding carboxylic acids is 1. The fourth-order valence-corrected chi connectivity index (χ4v) is 1.49. The van der Waals surface area contributed by atoms with E-state index in [1.54, 1.807) is 24.3 Å². The zero-order chi connectivity index (χ0) is 11.3. The second-order valence-electron chi connectivity index (χ2n) is 3.81. The molecule has 0 fully saturated rings. The van der Waals surface area contributed by atoms with Gasteiger partial charge in [0, 0.05) is 17.0 Å². The van der Waals surface area contributed by atoms with Gasteiger partial charge in [0.15, 0.2) is 5.78 Å². The lowest BCUT2D eigenvalue weighted by atomic mass is 10.0. The molecule has 2 nitrogen and oxygen atoms in total. The Morgan fingerprint density at radius 1 is 1.53 bits per heavy atom. The van der Waals surface area contributed by atoms with Crippen molar-refractivity contribution in [3.63, 3.8) is 0 Å².